The van der Waals surface area contributed by atoms with Crippen LogP contribution in [-0.2, 0) is 4.79 Å². The lowest BCUT2D eigenvalue weighted by Gasteiger charge is -2.32. The monoisotopic (exact) mass is 308 g/mol. The van der Waals surface area contributed by atoms with E-state index in [0.717, 1.165) is 17.7 Å². The molecule has 0 radical (unpaired) electrons. The standard InChI is InChI=1S/C13H22F2N2O4/c14-10(15)9-17(7-8-18)12(21)16-13(11(19)20)5-3-1-2-4-6-13/h10,18H,1-9H2,(H,16,21)(H,19,20). The fourth-order valence-electron chi connectivity index (χ4n) is 2.57. The minimum absolute atomic E-state index is 0.258. The molecule has 0 heterocycles. The number of amides is 2. The van der Waals surface area contributed by atoms with E-state index in [2.05, 4.69) is 5.32 Å². The highest BCUT2D eigenvalue weighted by molar-refractivity contribution is 5.86. The highest BCUT2D eigenvalue weighted by atomic mass is 19.3. The summed E-state index contributed by atoms with van der Waals surface area (Å²) in [4.78, 5) is 24.4. The Morgan fingerprint density at radius 2 is 1.76 bits per heavy atom. The summed E-state index contributed by atoms with van der Waals surface area (Å²) in [6.07, 6.45) is 0.955. The zero-order valence-corrected chi connectivity index (χ0v) is 11.9. The first-order chi connectivity index (χ1) is 9.91. The van der Waals surface area contributed by atoms with Gasteiger partial charge in [-0.15, -0.1) is 0 Å². The number of hydrogen-bond donors (Lipinski definition) is 3. The summed E-state index contributed by atoms with van der Waals surface area (Å²) in [5, 5.41) is 20.7. The van der Waals surface area contributed by atoms with E-state index in [1.807, 2.05) is 0 Å². The minimum atomic E-state index is -2.74. The van der Waals surface area contributed by atoms with Crippen molar-refractivity contribution in [1.82, 2.24) is 10.2 Å². The third-order valence-electron chi connectivity index (χ3n) is 3.73. The van der Waals surface area contributed by atoms with Crippen LogP contribution in [-0.4, -0.2) is 58.8 Å². The van der Waals surface area contributed by atoms with Crippen molar-refractivity contribution >= 4 is 12.0 Å². The number of carbonyl (C=O) groups is 2. The lowest BCUT2D eigenvalue weighted by Crippen LogP contribution is -2.58. The van der Waals surface area contributed by atoms with E-state index in [4.69, 9.17) is 5.11 Å². The van der Waals surface area contributed by atoms with Crippen LogP contribution < -0.4 is 5.32 Å². The van der Waals surface area contributed by atoms with Gasteiger partial charge in [0.05, 0.1) is 13.2 Å². The van der Waals surface area contributed by atoms with E-state index >= 15 is 0 Å². The van der Waals surface area contributed by atoms with Gasteiger partial charge in [-0.25, -0.2) is 18.4 Å². The summed E-state index contributed by atoms with van der Waals surface area (Å²) in [5.74, 6) is -1.14. The number of rotatable bonds is 6. The van der Waals surface area contributed by atoms with Gasteiger partial charge in [-0.05, 0) is 12.8 Å². The van der Waals surface area contributed by atoms with E-state index in [0.29, 0.717) is 12.8 Å². The van der Waals surface area contributed by atoms with Gasteiger partial charge in [0.1, 0.15) is 5.54 Å². The van der Waals surface area contributed by atoms with Crippen molar-refractivity contribution in [3.63, 3.8) is 0 Å². The van der Waals surface area contributed by atoms with Crippen LogP contribution in [0.3, 0.4) is 0 Å². The Balaban J connectivity index is 2.80. The van der Waals surface area contributed by atoms with E-state index in [-0.39, 0.29) is 19.4 Å². The molecule has 2 amide bonds. The molecule has 3 N–H and O–H groups in total. The quantitative estimate of drug-likeness (QED) is 0.648. The molecule has 1 rings (SSSR count). The van der Waals surface area contributed by atoms with E-state index in [9.17, 15) is 23.5 Å². The fourth-order valence-corrected chi connectivity index (χ4v) is 2.57. The van der Waals surface area contributed by atoms with Crippen molar-refractivity contribution in [3.8, 4) is 0 Å². The predicted octanol–water partition coefficient (Wildman–Crippen LogP) is 1.43. The number of hydrogen-bond acceptors (Lipinski definition) is 3. The Morgan fingerprint density at radius 1 is 1.19 bits per heavy atom. The van der Waals surface area contributed by atoms with Crippen molar-refractivity contribution in [2.75, 3.05) is 19.7 Å². The molecular formula is C13H22F2N2O4. The fraction of sp³-hybridized carbons (Fsp3) is 0.846. The van der Waals surface area contributed by atoms with Crippen LogP contribution in [0.4, 0.5) is 13.6 Å². The molecule has 21 heavy (non-hydrogen) atoms. The Bertz CT molecular complexity index is 358. The molecular weight excluding hydrogens is 286 g/mol. The molecule has 0 aliphatic heterocycles. The number of nitrogens with zero attached hydrogens (tertiary/aromatic N) is 1. The van der Waals surface area contributed by atoms with Crippen molar-refractivity contribution in [2.24, 2.45) is 0 Å². The molecule has 0 atom stereocenters. The maximum Gasteiger partial charge on any atom is 0.329 e. The van der Waals surface area contributed by atoms with Crippen LogP contribution in [0.1, 0.15) is 38.5 Å². The Morgan fingerprint density at radius 3 is 2.19 bits per heavy atom. The van der Waals surface area contributed by atoms with E-state index < -0.39 is 37.1 Å². The van der Waals surface area contributed by atoms with Crippen LogP contribution in [0.5, 0.6) is 0 Å². The number of aliphatic hydroxyl groups is 1. The lowest BCUT2D eigenvalue weighted by atomic mass is 9.90. The van der Waals surface area contributed by atoms with Gasteiger partial charge >= 0.3 is 12.0 Å². The van der Waals surface area contributed by atoms with Crippen molar-refractivity contribution in [1.29, 1.82) is 0 Å². The molecule has 1 fully saturated rings. The molecule has 6 nitrogen and oxygen atoms in total. The average Bonchev–Trinajstić information content (AvgIpc) is 2.64. The number of carboxylic acids is 1. The molecule has 1 aliphatic rings. The molecule has 8 heteroatoms. The molecule has 1 saturated carbocycles. The number of aliphatic hydroxyl groups excluding tert-OH is 1. The van der Waals surface area contributed by atoms with Gasteiger partial charge < -0.3 is 20.4 Å². The highest BCUT2D eigenvalue weighted by Crippen LogP contribution is 2.27. The first-order valence-electron chi connectivity index (χ1n) is 7.11. The maximum absolute atomic E-state index is 12.4. The number of urea groups is 1. The van der Waals surface area contributed by atoms with Gasteiger partial charge in [-0.3, -0.25) is 0 Å². The lowest BCUT2D eigenvalue weighted by molar-refractivity contribution is -0.145. The molecule has 0 aromatic heterocycles. The Hall–Kier alpha value is -1.44. The summed E-state index contributed by atoms with van der Waals surface area (Å²) in [6, 6.07) is -0.867. The summed E-state index contributed by atoms with van der Waals surface area (Å²) in [6.45, 7) is -1.55. The van der Waals surface area contributed by atoms with Crippen molar-refractivity contribution in [3.05, 3.63) is 0 Å². The topological polar surface area (TPSA) is 89.9 Å². The summed E-state index contributed by atoms with van der Waals surface area (Å²) < 4.78 is 24.9. The Kier molecular flexibility index (Phi) is 6.80. The SMILES string of the molecule is O=C(NC1(C(=O)O)CCCCCC1)N(CCO)CC(F)F. The number of carboxylic acid groups (broad SMARTS) is 1. The molecule has 1 aliphatic carbocycles. The molecule has 0 aromatic rings. The third-order valence-corrected chi connectivity index (χ3v) is 3.73. The molecule has 0 unspecified atom stereocenters. The maximum atomic E-state index is 12.4. The zero-order valence-electron chi connectivity index (χ0n) is 11.9. The van der Waals surface area contributed by atoms with Crippen molar-refractivity contribution in [2.45, 2.75) is 50.5 Å². The van der Waals surface area contributed by atoms with Gasteiger partial charge in [0.25, 0.3) is 6.43 Å². The smallest absolute Gasteiger partial charge is 0.329 e. The third kappa shape index (κ3) is 5.11. The molecule has 0 spiro atoms. The van der Waals surface area contributed by atoms with Gasteiger partial charge in [0.2, 0.25) is 0 Å². The second kappa shape index (κ2) is 8.11. The normalized spacial score (nSPS) is 18.1. The Labute approximate surface area is 122 Å². The summed E-state index contributed by atoms with van der Waals surface area (Å²) in [5.41, 5.74) is -1.40. The second-order valence-corrected chi connectivity index (χ2v) is 5.29. The first-order valence-corrected chi connectivity index (χ1v) is 7.11. The first kappa shape index (κ1) is 17.6. The molecule has 0 aromatic carbocycles. The van der Waals surface area contributed by atoms with E-state index in [1.165, 1.54) is 0 Å². The molecule has 122 valence electrons. The van der Waals surface area contributed by atoms with Crippen LogP contribution >= 0.6 is 0 Å². The summed E-state index contributed by atoms with van der Waals surface area (Å²) in [7, 11) is 0. The van der Waals surface area contributed by atoms with E-state index in [1.54, 1.807) is 0 Å². The number of carbonyl (C=O) groups excluding carboxylic acids is 1. The zero-order chi connectivity index (χ0) is 15.9. The number of nitrogens with one attached hydrogen (secondary N) is 1. The van der Waals surface area contributed by atoms with Crippen LogP contribution in [0.2, 0.25) is 0 Å². The van der Waals surface area contributed by atoms with Gasteiger partial charge in [-0.2, -0.15) is 0 Å². The van der Waals surface area contributed by atoms with Gasteiger partial charge in [0, 0.05) is 6.54 Å². The van der Waals surface area contributed by atoms with Crippen LogP contribution in [0.15, 0.2) is 0 Å². The van der Waals surface area contributed by atoms with Crippen molar-refractivity contribution < 1.29 is 28.6 Å². The predicted molar refractivity (Wildman–Crippen MR) is 71.3 cm³/mol. The van der Waals surface area contributed by atoms with Crippen LogP contribution in [0, 0.1) is 0 Å². The average molecular weight is 308 g/mol. The van der Waals surface area contributed by atoms with Gasteiger partial charge in [0.15, 0.2) is 0 Å². The van der Waals surface area contributed by atoms with Crippen LogP contribution in [0.25, 0.3) is 0 Å². The molecule has 0 bridgehead atoms. The largest absolute Gasteiger partial charge is 0.480 e. The highest BCUT2D eigenvalue weighted by Gasteiger charge is 2.41. The number of aliphatic carboxylic acids is 1. The minimum Gasteiger partial charge on any atom is -0.480 e. The summed E-state index contributed by atoms with van der Waals surface area (Å²) >= 11 is 0. The second-order valence-electron chi connectivity index (χ2n) is 5.29. The number of alkyl halides is 2. The van der Waals surface area contributed by atoms with Gasteiger partial charge in [-0.1, -0.05) is 25.7 Å². The number of halogens is 2. The molecule has 0 saturated heterocycles.